The van der Waals surface area contributed by atoms with E-state index in [1.807, 2.05) is 4.74 Å². The van der Waals surface area contributed by atoms with E-state index in [0.717, 1.165) is 0 Å². The van der Waals surface area contributed by atoms with Crippen molar-refractivity contribution in [3.05, 3.63) is 11.8 Å². The molecule has 1 heterocycles. The topological polar surface area (TPSA) is 12.5 Å². The van der Waals surface area contributed by atoms with Crippen LogP contribution in [0.1, 0.15) is 0 Å². The summed E-state index contributed by atoms with van der Waals surface area (Å²) in [6.07, 6.45) is -19.7. The second-order valence-corrected chi connectivity index (χ2v) is 3.66. The van der Waals surface area contributed by atoms with Gasteiger partial charge in [-0.05, 0) is 0 Å². The van der Waals surface area contributed by atoms with Gasteiger partial charge < -0.3 is 0 Å². The van der Waals surface area contributed by atoms with Crippen molar-refractivity contribution in [2.45, 2.75) is 30.5 Å². The highest BCUT2D eigenvalue weighted by Gasteiger charge is 2.84. The molecule has 0 unspecified atom stereocenters. The summed E-state index contributed by atoms with van der Waals surface area (Å²) in [7, 11) is 0. The molecule has 15 heteroatoms. The molecule has 0 spiro atoms. The second-order valence-electron chi connectivity index (χ2n) is 3.66. The number of hydrogen-bond acceptors (Lipinski definition) is 2. The molecular formula is C7F13NO. The van der Waals surface area contributed by atoms with Gasteiger partial charge in [-0.1, -0.05) is 0 Å². The molecule has 0 saturated carbocycles. The Balaban J connectivity index is 3.65. The molecule has 1 aliphatic heterocycles. The number of rotatable bonds is 1. The Morgan fingerprint density at radius 2 is 1.05 bits per heavy atom. The molecule has 1 saturated heterocycles. The lowest BCUT2D eigenvalue weighted by molar-refractivity contribution is -0.559. The van der Waals surface area contributed by atoms with Crippen LogP contribution in [0.4, 0.5) is 57.1 Å². The lowest BCUT2D eigenvalue weighted by Crippen LogP contribution is -2.73. The zero-order valence-corrected chi connectivity index (χ0v) is 9.27. The highest BCUT2D eigenvalue weighted by atomic mass is 19.4. The van der Waals surface area contributed by atoms with Crippen LogP contribution in [0.5, 0.6) is 0 Å². The molecule has 1 rings (SSSR count). The molecule has 0 radical (unpaired) electrons. The van der Waals surface area contributed by atoms with Crippen molar-refractivity contribution in [1.82, 2.24) is 4.90 Å². The molecule has 0 amide bonds. The van der Waals surface area contributed by atoms with Crippen LogP contribution in [0.15, 0.2) is 11.8 Å². The summed E-state index contributed by atoms with van der Waals surface area (Å²) in [6, 6.07) is -13.5. The van der Waals surface area contributed by atoms with Crippen LogP contribution in [0.2, 0.25) is 0 Å². The van der Waals surface area contributed by atoms with E-state index in [0.29, 0.717) is 0 Å². The fourth-order valence-electron chi connectivity index (χ4n) is 1.18. The third kappa shape index (κ3) is 2.44. The zero-order chi connectivity index (χ0) is 17.9. The van der Waals surface area contributed by atoms with Crippen molar-refractivity contribution in [3.63, 3.8) is 0 Å². The van der Waals surface area contributed by atoms with Gasteiger partial charge in [0, 0.05) is 0 Å². The standard InChI is InChI=1S/C7F13NO/c8-1(3(10,11)12)2(9)21-4(13,14)6(17,18)22-7(19,20)5(21,15)16/b2-1+. The summed E-state index contributed by atoms with van der Waals surface area (Å²) in [5, 5.41) is 0. The summed E-state index contributed by atoms with van der Waals surface area (Å²) in [4.78, 5) is -3.31. The molecule has 0 N–H and O–H groups in total. The van der Waals surface area contributed by atoms with Gasteiger partial charge in [0.2, 0.25) is 5.95 Å². The molecule has 0 atom stereocenters. The number of morpholine rings is 1. The summed E-state index contributed by atoms with van der Waals surface area (Å²) in [6.45, 7) is 0. The first-order chi connectivity index (χ1) is 9.39. The third-order valence-corrected chi connectivity index (χ3v) is 2.14. The van der Waals surface area contributed by atoms with Crippen LogP contribution in [-0.4, -0.2) is 35.4 Å². The molecule has 1 fully saturated rings. The van der Waals surface area contributed by atoms with E-state index in [2.05, 4.69) is 0 Å². The van der Waals surface area contributed by atoms with Crippen molar-refractivity contribution in [1.29, 1.82) is 0 Å². The van der Waals surface area contributed by atoms with Gasteiger partial charge in [0.05, 0.1) is 0 Å². The van der Waals surface area contributed by atoms with Gasteiger partial charge in [0.15, 0.2) is 0 Å². The van der Waals surface area contributed by atoms with Crippen LogP contribution < -0.4 is 0 Å². The van der Waals surface area contributed by atoms with Crippen molar-refractivity contribution in [2.24, 2.45) is 0 Å². The molecule has 130 valence electrons. The van der Waals surface area contributed by atoms with Gasteiger partial charge in [0.25, 0.3) is 5.83 Å². The van der Waals surface area contributed by atoms with E-state index < -0.39 is 47.2 Å². The van der Waals surface area contributed by atoms with E-state index >= 15 is 0 Å². The normalized spacial score (nSPS) is 27.4. The Morgan fingerprint density at radius 1 is 0.727 bits per heavy atom. The first-order valence-corrected chi connectivity index (χ1v) is 4.54. The first kappa shape index (κ1) is 18.6. The molecular weight excluding hydrogens is 361 g/mol. The Morgan fingerprint density at radius 3 is 1.32 bits per heavy atom. The number of ether oxygens (including phenoxy) is 1. The van der Waals surface area contributed by atoms with Gasteiger partial charge in [0.1, 0.15) is 0 Å². The van der Waals surface area contributed by atoms with Crippen LogP contribution in [-0.2, 0) is 4.74 Å². The van der Waals surface area contributed by atoms with Gasteiger partial charge in [-0.25, -0.2) is 9.64 Å². The fourth-order valence-corrected chi connectivity index (χ4v) is 1.18. The van der Waals surface area contributed by atoms with Crippen LogP contribution in [0, 0.1) is 0 Å². The molecule has 0 aliphatic carbocycles. The van der Waals surface area contributed by atoms with Crippen LogP contribution in [0.3, 0.4) is 0 Å². The van der Waals surface area contributed by atoms with Crippen LogP contribution in [0.25, 0.3) is 0 Å². The van der Waals surface area contributed by atoms with E-state index in [4.69, 9.17) is 0 Å². The van der Waals surface area contributed by atoms with E-state index in [1.165, 1.54) is 0 Å². The van der Waals surface area contributed by atoms with Crippen LogP contribution >= 0.6 is 0 Å². The highest BCUT2D eigenvalue weighted by Crippen LogP contribution is 2.57. The van der Waals surface area contributed by atoms with E-state index in [9.17, 15) is 57.1 Å². The van der Waals surface area contributed by atoms with Crippen molar-refractivity contribution in [2.75, 3.05) is 0 Å². The average Bonchev–Trinajstić information content (AvgIpc) is 2.22. The Kier molecular flexibility index (Phi) is 3.85. The number of allylic oxidation sites excluding steroid dienone is 1. The first-order valence-electron chi connectivity index (χ1n) is 4.54. The van der Waals surface area contributed by atoms with Crippen molar-refractivity contribution < 1.29 is 61.8 Å². The Labute approximate surface area is 110 Å². The summed E-state index contributed by atoms with van der Waals surface area (Å²) >= 11 is 0. The van der Waals surface area contributed by atoms with Crippen molar-refractivity contribution >= 4 is 0 Å². The monoisotopic (exact) mass is 361 g/mol. The number of nitrogens with zero attached hydrogens (tertiary/aromatic N) is 1. The Hall–Kier alpha value is -1.41. The fraction of sp³-hybridized carbons (Fsp3) is 0.714. The smallest absolute Gasteiger partial charge is 0.242 e. The summed E-state index contributed by atoms with van der Waals surface area (Å²) in [5.41, 5.74) is 0. The molecule has 2 nitrogen and oxygen atoms in total. The van der Waals surface area contributed by atoms with Gasteiger partial charge in [-0.2, -0.15) is 57.1 Å². The number of hydrogen-bond donors (Lipinski definition) is 0. The van der Waals surface area contributed by atoms with Gasteiger partial charge >= 0.3 is 30.5 Å². The maximum Gasteiger partial charge on any atom is 0.447 e. The molecule has 0 aromatic heterocycles. The molecule has 0 bridgehead atoms. The highest BCUT2D eigenvalue weighted by molar-refractivity contribution is 5.12. The van der Waals surface area contributed by atoms with Gasteiger partial charge in [-0.15, -0.1) is 0 Å². The molecule has 0 aromatic carbocycles. The summed E-state index contributed by atoms with van der Waals surface area (Å²) in [5.74, 6) is -8.72. The zero-order valence-electron chi connectivity index (χ0n) is 9.27. The van der Waals surface area contributed by atoms with Crippen molar-refractivity contribution in [3.8, 4) is 0 Å². The lowest BCUT2D eigenvalue weighted by Gasteiger charge is -2.47. The van der Waals surface area contributed by atoms with E-state index in [-0.39, 0.29) is 0 Å². The predicted octanol–water partition coefficient (Wildman–Crippen LogP) is 4.36. The Bertz CT molecular complexity index is 465. The quantitative estimate of drug-likeness (QED) is 0.508. The maximum absolute atomic E-state index is 12.9. The number of alkyl halides is 11. The SMILES string of the molecule is F/C(=C(\F)C(F)(F)F)N1C(F)(F)C(F)(F)OC(F)(F)C1(F)F. The predicted molar refractivity (Wildman–Crippen MR) is 38.0 cm³/mol. The maximum atomic E-state index is 12.9. The van der Waals surface area contributed by atoms with E-state index in [1.54, 1.807) is 0 Å². The molecule has 0 aromatic rings. The second kappa shape index (κ2) is 4.55. The minimum atomic E-state index is -6.77. The summed E-state index contributed by atoms with van der Waals surface area (Å²) < 4.78 is 164. The largest absolute Gasteiger partial charge is 0.447 e. The number of halogens is 13. The third-order valence-electron chi connectivity index (χ3n) is 2.14. The molecule has 1 aliphatic rings. The minimum absolute atomic E-state index is 1.84. The van der Waals surface area contributed by atoms with Gasteiger partial charge in [-0.3, -0.25) is 0 Å². The average molecular weight is 361 g/mol. The lowest BCUT2D eigenvalue weighted by atomic mass is 10.2. The molecule has 22 heavy (non-hydrogen) atoms. The minimum Gasteiger partial charge on any atom is -0.242 e.